The Labute approximate surface area is 121 Å². The SMILES string of the molecule is CC(NS(=O)(=O)c1ccc(CN)cc1F)c1cccs1. The summed E-state index contributed by atoms with van der Waals surface area (Å²) < 4.78 is 40.7. The van der Waals surface area contributed by atoms with E-state index in [-0.39, 0.29) is 11.4 Å². The zero-order valence-corrected chi connectivity index (χ0v) is 12.5. The highest BCUT2D eigenvalue weighted by Crippen LogP contribution is 2.22. The van der Waals surface area contributed by atoms with E-state index in [1.807, 2.05) is 17.5 Å². The van der Waals surface area contributed by atoms with Gasteiger partial charge in [-0.1, -0.05) is 12.1 Å². The second-order valence-electron chi connectivity index (χ2n) is 4.33. The van der Waals surface area contributed by atoms with Gasteiger partial charge in [0.2, 0.25) is 10.0 Å². The van der Waals surface area contributed by atoms with E-state index in [2.05, 4.69) is 4.72 Å². The highest BCUT2D eigenvalue weighted by molar-refractivity contribution is 7.89. The molecule has 0 radical (unpaired) electrons. The number of nitrogens with two attached hydrogens (primary N) is 1. The van der Waals surface area contributed by atoms with E-state index in [0.717, 1.165) is 10.9 Å². The fraction of sp³-hybridized carbons (Fsp3) is 0.231. The molecule has 0 aliphatic heterocycles. The molecule has 4 nitrogen and oxygen atoms in total. The summed E-state index contributed by atoms with van der Waals surface area (Å²) in [7, 11) is -3.90. The largest absolute Gasteiger partial charge is 0.326 e. The number of sulfonamides is 1. The molecule has 0 aliphatic carbocycles. The Morgan fingerprint density at radius 2 is 2.15 bits per heavy atom. The van der Waals surface area contributed by atoms with E-state index in [4.69, 9.17) is 5.73 Å². The first-order valence-corrected chi connectivity index (χ1v) is 8.34. The number of halogens is 1. The van der Waals surface area contributed by atoms with Gasteiger partial charge in [-0.25, -0.2) is 17.5 Å². The highest BCUT2D eigenvalue weighted by Gasteiger charge is 2.22. The van der Waals surface area contributed by atoms with Crippen LogP contribution in [0.3, 0.4) is 0 Å². The lowest BCUT2D eigenvalue weighted by Crippen LogP contribution is -2.27. The van der Waals surface area contributed by atoms with Crippen molar-refractivity contribution in [2.24, 2.45) is 5.73 Å². The van der Waals surface area contributed by atoms with Crippen LogP contribution in [0.5, 0.6) is 0 Å². The lowest BCUT2D eigenvalue weighted by molar-refractivity contribution is 0.547. The predicted octanol–water partition coefficient (Wildman–Crippen LogP) is 2.39. The van der Waals surface area contributed by atoms with Gasteiger partial charge in [0.25, 0.3) is 0 Å². The van der Waals surface area contributed by atoms with Gasteiger partial charge in [0.15, 0.2) is 0 Å². The maximum atomic E-state index is 13.9. The number of rotatable bonds is 5. The van der Waals surface area contributed by atoms with Crippen molar-refractivity contribution in [1.82, 2.24) is 4.72 Å². The normalized spacial score (nSPS) is 13.3. The number of thiophene rings is 1. The molecular weight excluding hydrogens is 299 g/mol. The maximum Gasteiger partial charge on any atom is 0.244 e. The van der Waals surface area contributed by atoms with E-state index in [1.54, 1.807) is 6.92 Å². The van der Waals surface area contributed by atoms with Crippen LogP contribution in [0.1, 0.15) is 23.4 Å². The summed E-state index contributed by atoms with van der Waals surface area (Å²) in [5, 5.41) is 1.86. The van der Waals surface area contributed by atoms with E-state index in [9.17, 15) is 12.8 Å². The molecule has 0 spiro atoms. The van der Waals surface area contributed by atoms with Crippen molar-refractivity contribution in [2.75, 3.05) is 0 Å². The molecule has 3 N–H and O–H groups in total. The third-order valence-corrected chi connectivity index (χ3v) is 5.45. The fourth-order valence-electron chi connectivity index (χ4n) is 1.78. The average molecular weight is 314 g/mol. The molecule has 2 rings (SSSR count). The van der Waals surface area contributed by atoms with Gasteiger partial charge in [-0.3, -0.25) is 0 Å². The lowest BCUT2D eigenvalue weighted by atomic mass is 10.2. The second-order valence-corrected chi connectivity index (χ2v) is 6.99. The molecule has 2 aromatic rings. The van der Waals surface area contributed by atoms with Crippen LogP contribution in [0.2, 0.25) is 0 Å². The Morgan fingerprint density at radius 3 is 2.70 bits per heavy atom. The van der Waals surface area contributed by atoms with Crippen LogP contribution in [-0.4, -0.2) is 8.42 Å². The molecule has 1 heterocycles. The van der Waals surface area contributed by atoms with Crippen molar-refractivity contribution in [2.45, 2.75) is 24.4 Å². The third-order valence-electron chi connectivity index (χ3n) is 2.82. The summed E-state index contributed by atoms with van der Waals surface area (Å²) >= 11 is 1.44. The van der Waals surface area contributed by atoms with Crippen LogP contribution in [0.4, 0.5) is 4.39 Å². The van der Waals surface area contributed by atoms with Crippen molar-refractivity contribution in [3.8, 4) is 0 Å². The number of nitrogens with one attached hydrogen (secondary N) is 1. The maximum absolute atomic E-state index is 13.9. The molecule has 0 saturated heterocycles. The van der Waals surface area contributed by atoms with E-state index in [1.165, 1.54) is 23.5 Å². The zero-order chi connectivity index (χ0) is 14.8. The summed E-state index contributed by atoms with van der Waals surface area (Å²) in [6.07, 6.45) is 0. The van der Waals surface area contributed by atoms with Crippen molar-refractivity contribution in [1.29, 1.82) is 0 Å². The number of hydrogen-bond donors (Lipinski definition) is 2. The van der Waals surface area contributed by atoms with E-state index >= 15 is 0 Å². The summed E-state index contributed by atoms with van der Waals surface area (Å²) in [5.74, 6) is -0.793. The second kappa shape index (κ2) is 6.01. The summed E-state index contributed by atoms with van der Waals surface area (Å²) in [4.78, 5) is 0.505. The van der Waals surface area contributed by atoms with Crippen molar-refractivity contribution >= 4 is 21.4 Å². The van der Waals surface area contributed by atoms with E-state index < -0.39 is 21.9 Å². The lowest BCUT2D eigenvalue weighted by Gasteiger charge is -2.13. The van der Waals surface area contributed by atoms with Crippen molar-refractivity contribution < 1.29 is 12.8 Å². The fourth-order valence-corrected chi connectivity index (χ4v) is 3.87. The molecule has 1 aromatic carbocycles. The van der Waals surface area contributed by atoms with Gasteiger partial charge in [0, 0.05) is 11.4 Å². The Balaban J connectivity index is 2.27. The summed E-state index contributed by atoms with van der Waals surface area (Å²) in [6.45, 7) is 1.88. The van der Waals surface area contributed by atoms with Crippen molar-refractivity contribution in [3.05, 3.63) is 52.0 Å². The van der Waals surface area contributed by atoms with Crippen molar-refractivity contribution in [3.63, 3.8) is 0 Å². The Kier molecular flexibility index (Phi) is 4.54. The molecular formula is C13H15FN2O2S2. The van der Waals surface area contributed by atoms with Crippen LogP contribution in [0.15, 0.2) is 40.6 Å². The number of benzene rings is 1. The Hall–Kier alpha value is -1.28. The summed E-state index contributed by atoms with van der Waals surface area (Å²) in [6, 6.07) is 7.14. The Morgan fingerprint density at radius 1 is 1.40 bits per heavy atom. The van der Waals surface area contributed by atoms with Gasteiger partial charge in [0.05, 0.1) is 6.04 Å². The first-order valence-electron chi connectivity index (χ1n) is 5.98. The molecule has 1 atom stereocenters. The van der Waals surface area contributed by atoms with Crippen LogP contribution in [0, 0.1) is 5.82 Å². The first-order chi connectivity index (χ1) is 9.44. The van der Waals surface area contributed by atoms with Gasteiger partial charge in [-0.15, -0.1) is 11.3 Å². The molecule has 0 amide bonds. The van der Waals surface area contributed by atoms with Crippen LogP contribution < -0.4 is 10.5 Å². The Bertz CT molecular complexity index is 684. The minimum absolute atomic E-state index is 0.163. The quantitative estimate of drug-likeness (QED) is 0.890. The predicted molar refractivity (Wildman–Crippen MR) is 77.3 cm³/mol. The molecule has 0 saturated carbocycles. The van der Waals surface area contributed by atoms with Crippen LogP contribution >= 0.6 is 11.3 Å². The topological polar surface area (TPSA) is 72.2 Å². The van der Waals surface area contributed by atoms with Gasteiger partial charge in [-0.05, 0) is 36.1 Å². The smallest absolute Gasteiger partial charge is 0.244 e. The molecule has 0 aliphatic rings. The average Bonchev–Trinajstić information content (AvgIpc) is 2.91. The molecule has 0 fully saturated rings. The third kappa shape index (κ3) is 3.24. The minimum Gasteiger partial charge on any atom is -0.326 e. The van der Waals surface area contributed by atoms with Gasteiger partial charge in [0.1, 0.15) is 10.7 Å². The van der Waals surface area contributed by atoms with Gasteiger partial charge < -0.3 is 5.73 Å². The van der Waals surface area contributed by atoms with Gasteiger partial charge >= 0.3 is 0 Å². The van der Waals surface area contributed by atoms with Crippen LogP contribution in [0.25, 0.3) is 0 Å². The molecule has 0 bridgehead atoms. The highest BCUT2D eigenvalue weighted by atomic mass is 32.2. The molecule has 108 valence electrons. The molecule has 7 heteroatoms. The zero-order valence-electron chi connectivity index (χ0n) is 10.8. The molecule has 1 unspecified atom stereocenters. The monoisotopic (exact) mass is 314 g/mol. The standard InChI is InChI=1S/C13H15FN2O2S2/c1-9(12-3-2-6-19-12)16-20(17,18)13-5-4-10(8-15)7-11(13)14/h2-7,9,16H,8,15H2,1H3. The number of hydrogen-bond acceptors (Lipinski definition) is 4. The molecule has 1 aromatic heterocycles. The molecule has 20 heavy (non-hydrogen) atoms. The van der Waals surface area contributed by atoms with E-state index in [0.29, 0.717) is 5.56 Å². The van der Waals surface area contributed by atoms with Gasteiger partial charge in [-0.2, -0.15) is 0 Å². The summed E-state index contributed by atoms with van der Waals surface area (Å²) in [5.41, 5.74) is 5.94. The first kappa shape index (κ1) is 15.1. The minimum atomic E-state index is -3.90. The van der Waals surface area contributed by atoms with Crippen LogP contribution in [-0.2, 0) is 16.6 Å².